The van der Waals surface area contributed by atoms with Crippen molar-refractivity contribution in [1.29, 1.82) is 0 Å². The molecule has 5 aliphatic rings. The zero-order valence-corrected chi connectivity index (χ0v) is 25.0. The zero-order chi connectivity index (χ0) is 27.5. The Labute approximate surface area is 240 Å². The summed E-state index contributed by atoms with van der Waals surface area (Å²) in [6.45, 7) is 9.88. The average molecular weight is 566 g/mol. The first kappa shape index (κ1) is 29.9. The van der Waals surface area contributed by atoms with E-state index in [9.17, 15) is 10.0 Å². The van der Waals surface area contributed by atoms with Crippen molar-refractivity contribution in [3.05, 3.63) is 16.6 Å². The molecule has 2 aliphatic carbocycles. The average Bonchev–Trinajstić information content (AvgIpc) is 3.09. The van der Waals surface area contributed by atoms with Gasteiger partial charge in [-0.25, -0.2) is 0 Å². The molecule has 0 aromatic rings. The Balaban J connectivity index is 1.23. The van der Waals surface area contributed by atoms with Crippen molar-refractivity contribution in [3.8, 4) is 0 Å². The minimum atomic E-state index is -0.598. The highest BCUT2D eigenvalue weighted by Gasteiger charge is 2.53. The molecule has 0 spiro atoms. The predicted octanol–water partition coefficient (Wildman–Crippen LogP) is 5.28. The number of aliphatic hydroxyl groups is 1. The predicted molar refractivity (Wildman–Crippen MR) is 156 cm³/mol. The number of aliphatic hydroxyl groups excluding tert-OH is 1. The number of halogens is 1. The summed E-state index contributed by atoms with van der Waals surface area (Å²) in [6, 6.07) is 0.468. The number of piperidine rings is 2. The van der Waals surface area contributed by atoms with Gasteiger partial charge in [-0.2, -0.15) is 0 Å². The number of fused-ring (bicyclic) bond motifs is 2. The molecule has 0 amide bonds. The third-order valence-corrected chi connectivity index (χ3v) is 11.4. The molecule has 7 nitrogen and oxygen atoms in total. The number of nitroso groups, excluding NO2 is 1. The van der Waals surface area contributed by atoms with Crippen LogP contribution in [0.1, 0.15) is 84.5 Å². The Morgan fingerprint density at radius 1 is 1.26 bits per heavy atom. The largest absolute Gasteiger partial charge is 0.394 e. The fraction of sp³-hybridized carbons (Fsp3) is 0.935. The highest BCUT2D eigenvalue weighted by molar-refractivity contribution is 6.20. The molecule has 8 atom stereocenters. The maximum absolute atomic E-state index is 12.4. The Kier molecular flexibility index (Phi) is 10.1. The minimum absolute atomic E-state index is 0.0940. The van der Waals surface area contributed by atoms with Crippen molar-refractivity contribution >= 4 is 11.6 Å². The van der Waals surface area contributed by atoms with E-state index >= 15 is 0 Å². The number of alkyl halides is 1. The van der Waals surface area contributed by atoms with Crippen LogP contribution in [0.3, 0.4) is 0 Å². The molecule has 3 aliphatic heterocycles. The molecule has 5 rings (SSSR count). The van der Waals surface area contributed by atoms with E-state index in [0.717, 1.165) is 77.7 Å². The second kappa shape index (κ2) is 13.2. The number of nitrogens with one attached hydrogen (secondary N) is 1. The molecule has 8 heteroatoms. The van der Waals surface area contributed by atoms with Crippen LogP contribution in [0.25, 0.3) is 0 Å². The van der Waals surface area contributed by atoms with Crippen molar-refractivity contribution < 1.29 is 14.6 Å². The molecule has 222 valence electrons. The van der Waals surface area contributed by atoms with Crippen molar-refractivity contribution in [2.24, 2.45) is 28.3 Å². The molecule has 4 unspecified atom stereocenters. The van der Waals surface area contributed by atoms with Crippen LogP contribution in [-0.4, -0.2) is 85.2 Å². The maximum atomic E-state index is 12.4. The highest BCUT2D eigenvalue weighted by atomic mass is 35.5. The van der Waals surface area contributed by atoms with E-state index in [0.29, 0.717) is 36.5 Å². The first-order valence-corrected chi connectivity index (χ1v) is 16.3. The monoisotopic (exact) mass is 565 g/mol. The standard InChI is InChI=1S/C31H52ClN3O4/c1-30(2)21-35(16-13-31(30,34-37)22-7-9-23(32)10-8-22)15-4-6-25-26-5-3-14-33-28(26)20-39-29-12-11-24(19-27(25)29)38-18-17-36/h7,23-29,33,36H,3-6,8-21H2,1-2H3/t23?,24-,25+,26-,27+,28?,29?,31?/m0/s1. The number of likely N-dealkylation sites (tertiary alicyclic amines) is 1. The van der Waals surface area contributed by atoms with Gasteiger partial charge in [-0.3, -0.25) is 0 Å². The summed E-state index contributed by atoms with van der Waals surface area (Å²) in [5, 5.41) is 17.1. The van der Waals surface area contributed by atoms with Crippen LogP contribution < -0.4 is 5.32 Å². The molecule has 4 fully saturated rings. The quantitative estimate of drug-likeness (QED) is 0.225. The van der Waals surface area contributed by atoms with Crippen LogP contribution in [0.5, 0.6) is 0 Å². The Morgan fingerprint density at radius 2 is 2.13 bits per heavy atom. The van der Waals surface area contributed by atoms with Gasteiger partial charge in [0, 0.05) is 29.9 Å². The molecule has 0 bridgehead atoms. The van der Waals surface area contributed by atoms with E-state index in [1.165, 1.54) is 31.3 Å². The van der Waals surface area contributed by atoms with Gasteiger partial charge >= 0.3 is 0 Å². The topological polar surface area (TPSA) is 83.4 Å². The number of nitrogens with zero attached hydrogens (tertiary/aromatic N) is 2. The van der Waals surface area contributed by atoms with Gasteiger partial charge in [-0.15, -0.1) is 16.5 Å². The van der Waals surface area contributed by atoms with Gasteiger partial charge in [-0.05, 0) is 107 Å². The van der Waals surface area contributed by atoms with Crippen LogP contribution in [0.2, 0.25) is 0 Å². The summed E-state index contributed by atoms with van der Waals surface area (Å²) in [5.41, 5.74) is 0.437. The van der Waals surface area contributed by atoms with Crippen LogP contribution in [0, 0.1) is 28.1 Å². The Bertz CT molecular complexity index is 856. The first-order chi connectivity index (χ1) is 18.9. The van der Waals surface area contributed by atoms with Crippen molar-refractivity contribution in [1.82, 2.24) is 10.2 Å². The maximum Gasteiger partial charge on any atom is 0.131 e. The van der Waals surface area contributed by atoms with Gasteiger partial charge in [-0.1, -0.05) is 25.1 Å². The summed E-state index contributed by atoms with van der Waals surface area (Å²) in [6.07, 6.45) is 14.4. The van der Waals surface area contributed by atoms with Gasteiger partial charge in [0.25, 0.3) is 0 Å². The van der Waals surface area contributed by atoms with E-state index in [4.69, 9.17) is 21.1 Å². The van der Waals surface area contributed by atoms with Crippen molar-refractivity contribution in [3.63, 3.8) is 0 Å². The van der Waals surface area contributed by atoms with Gasteiger partial charge in [0.2, 0.25) is 0 Å². The fourth-order valence-electron chi connectivity index (χ4n) is 8.98. The lowest BCUT2D eigenvalue weighted by molar-refractivity contribution is -0.0754. The molecule has 0 aromatic carbocycles. The molecule has 2 N–H and O–H groups in total. The highest BCUT2D eigenvalue weighted by Crippen LogP contribution is 2.50. The summed E-state index contributed by atoms with van der Waals surface area (Å²) < 4.78 is 12.6. The Morgan fingerprint density at radius 3 is 2.87 bits per heavy atom. The van der Waals surface area contributed by atoms with Gasteiger partial charge in [0.05, 0.1) is 32.0 Å². The van der Waals surface area contributed by atoms with Gasteiger partial charge < -0.3 is 24.8 Å². The summed E-state index contributed by atoms with van der Waals surface area (Å²) in [4.78, 5) is 15.0. The molecular weight excluding hydrogens is 514 g/mol. The Hall–Kier alpha value is -0.570. The summed E-state index contributed by atoms with van der Waals surface area (Å²) >= 11 is 6.36. The SMILES string of the molecule is CC1(C)CN(CCC[C@@H]2[C@@H]3CCCNC3COC3CC[C@H](OCCO)C[C@@H]32)CCC1(N=O)C1=CCC(Cl)CC1. The van der Waals surface area contributed by atoms with Crippen LogP contribution >= 0.6 is 11.6 Å². The third kappa shape index (κ3) is 6.44. The molecule has 3 heterocycles. The first-order valence-electron chi connectivity index (χ1n) is 15.8. The molecule has 0 radical (unpaired) electrons. The number of ether oxygens (including phenoxy) is 2. The third-order valence-electron chi connectivity index (χ3n) is 11.0. The van der Waals surface area contributed by atoms with E-state index in [1.54, 1.807) is 0 Å². The molecule has 39 heavy (non-hydrogen) atoms. The van der Waals surface area contributed by atoms with Crippen molar-refractivity contribution in [2.75, 3.05) is 46.0 Å². The van der Waals surface area contributed by atoms with E-state index < -0.39 is 5.54 Å². The number of allylic oxidation sites excluding steroid dienone is 1. The number of hydrogen-bond donors (Lipinski definition) is 2. The second-order valence-electron chi connectivity index (χ2n) is 13.7. The normalized spacial score (nSPS) is 41.1. The molecule has 0 aromatic heterocycles. The molecule has 1 saturated carbocycles. The zero-order valence-electron chi connectivity index (χ0n) is 24.3. The van der Waals surface area contributed by atoms with E-state index in [1.807, 2.05) is 0 Å². The minimum Gasteiger partial charge on any atom is -0.394 e. The second-order valence-corrected chi connectivity index (χ2v) is 14.3. The number of hydrogen-bond acceptors (Lipinski definition) is 7. The van der Waals surface area contributed by atoms with Crippen molar-refractivity contribution in [2.45, 2.75) is 114 Å². The smallest absolute Gasteiger partial charge is 0.131 e. The van der Waals surface area contributed by atoms with Gasteiger partial charge in [0.15, 0.2) is 0 Å². The summed E-state index contributed by atoms with van der Waals surface area (Å²) in [5.74, 6) is 1.84. The molecule has 3 saturated heterocycles. The lowest BCUT2D eigenvalue weighted by atomic mass is 9.62. The van der Waals surface area contributed by atoms with E-state index in [2.05, 4.69) is 35.3 Å². The lowest BCUT2D eigenvalue weighted by Gasteiger charge is -2.51. The van der Waals surface area contributed by atoms with Crippen LogP contribution in [0.15, 0.2) is 16.8 Å². The van der Waals surface area contributed by atoms with Gasteiger partial charge in [0.1, 0.15) is 5.54 Å². The molecular formula is C31H52ClN3O4. The number of rotatable bonds is 9. The van der Waals surface area contributed by atoms with Crippen LogP contribution in [-0.2, 0) is 9.47 Å². The van der Waals surface area contributed by atoms with Crippen LogP contribution in [0.4, 0.5) is 0 Å². The van der Waals surface area contributed by atoms with E-state index in [-0.39, 0.29) is 23.5 Å². The summed E-state index contributed by atoms with van der Waals surface area (Å²) in [7, 11) is 0. The lowest BCUT2D eigenvalue weighted by Crippen LogP contribution is -2.57. The fourth-order valence-corrected chi connectivity index (χ4v) is 9.18.